The highest BCUT2D eigenvalue weighted by molar-refractivity contribution is 5.02. The van der Waals surface area contributed by atoms with E-state index in [1.807, 2.05) is 6.92 Å². The fraction of sp³-hybridized carbons (Fsp3) is 0.900. The van der Waals surface area contributed by atoms with Gasteiger partial charge in [-0.05, 0) is 26.2 Å². The van der Waals surface area contributed by atoms with E-state index in [0.29, 0.717) is 0 Å². The number of hydrogen-bond acceptors (Lipinski definition) is 2. The minimum absolute atomic E-state index is 0.0601. The molecule has 0 aromatic carbocycles. The molecule has 1 fully saturated rings. The molecule has 1 unspecified atom stereocenters. The van der Waals surface area contributed by atoms with Crippen molar-refractivity contribution in [1.29, 1.82) is 5.26 Å². The van der Waals surface area contributed by atoms with E-state index in [9.17, 15) is 0 Å². The molecule has 1 atom stereocenters. The molecule has 1 aliphatic rings. The second kappa shape index (κ2) is 3.91. The first-order valence-electron chi connectivity index (χ1n) is 4.66. The lowest BCUT2D eigenvalue weighted by Crippen LogP contribution is -2.21. The summed E-state index contributed by atoms with van der Waals surface area (Å²) in [4.78, 5) is 0. The van der Waals surface area contributed by atoms with Crippen molar-refractivity contribution in [2.24, 2.45) is 5.41 Å². The third-order valence-corrected chi connectivity index (χ3v) is 2.88. The molecule has 0 saturated heterocycles. The molecule has 2 heteroatoms. The Morgan fingerprint density at radius 2 is 2.08 bits per heavy atom. The third kappa shape index (κ3) is 1.98. The molecule has 0 aromatic rings. The predicted octanol–water partition coefficient (Wildman–Crippen LogP) is 2.50. The van der Waals surface area contributed by atoms with Crippen molar-refractivity contribution >= 4 is 0 Å². The Bertz CT molecular complexity index is 177. The molecule has 0 N–H and O–H groups in total. The quantitative estimate of drug-likeness (QED) is 0.647. The summed E-state index contributed by atoms with van der Waals surface area (Å²) in [6.45, 7) is 2.04. The van der Waals surface area contributed by atoms with Gasteiger partial charge in [0.05, 0.1) is 17.6 Å². The summed E-state index contributed by atoms with van der Waals surface area (Å²) in [7, 11) is 1.71. The summed E-state index contributed by atoms with van der Waals surface area (Å²) in [5, 5.41) is 9.06. The molecule has 0 amide bonds. The number of methoxy groups -OCH3 is 1. The Morgan fingerprint density at radius 3 is 2.50 bits per heavy atom. The highest BCUT2D eigenvalue weighted by Crippen LogP contribution is 2.41. The molecule has 0 aliphatic heterocycles. The number of hydrogen-bond donors (Lipinski definition) is 0. The lowest BCUT2D eigenvalue weighted by Gasteiger charge is -2.23. The molecule has 68 valence electrons. The number of rotatable bonds is 3. The SMILES string of the molecule is COC(C)CC1(C#N)CCCC1. The van der Waals surface area contributed by atoms with E-state index in [4.69, 9.17) is 10.00 Å². The van der Waals surface area contributed by atoms with Crippen LogP contribution in [0.25, 0.3) is 0 Å². The van der Waals surface area contributed by atoms with Crippen LogP contribution >= 0.6 is 0 Å². The largest absolute Gasteiger partial charge is 0.382 e. The first-order chi connectivity index (χ1) is 5.72. The van der Waals surface area contributed by atoms with Crippen LogP contribution in [-0.4, -0.2) is 13.2 Å². The molecular weight excluding hydrogens is 150 g/mol. The van der Waals surface area contributed by atoms with Gasteiger partial charge in [0.2, 0.25) is 0 Å². The standard InChI is InChI=1S/C10H17NO/c1-9(12-2)7-10(8-11)5-3-4-6-10/h9H,3-7H2,1-2H3. The van der Waals surface area contributed by atoms with Crippen molar-refractivity contribution in [3.8, 4) is 6.07 Å². The lowest BCUT2D eigenvalue weighted by atomic mass is 9.82. The molecule has 12 heavy (non-hydrogen) atoms. The lowest BCUT2D eigenvalue weighted by molar-refractivity contribution is 0.0820. The van der Waals surface area contributed by atoms with Crippen molar-refractivity contribution < 1.29 is 4.74 Å². The van der Waals surface area contributed by atoms with E-state index in [2.05, 4.69) is 6.07 Å². The average Bonchev–Trinajstić information content (AvgIpc) is 2.54. The molecular formula is C10H17NO. The Hall–Kier alpha value is -0.550. The summed E-state index contributed by atoms with van der Waals surface area (Å²) in [6.07, 6.45) is 5.69. The molecule has 0 bridgehead atoms. The van der Waals surface area contributed by atoms with Crippen LogP contribution in [0.4, 0.5) is 0 Å². The maximum atomic E-state index is 9.06. The summed E-state index contributed by atoms with van der Waals surface area (Å²) >= 11 is 0. The van der Waals surface area contributed by atoms with Crippen LogP contribution in [0.5, 0.6) is 0 Å². The minimum atomic E-state index is -0.0601. The van der Waals surface area contributed by atoms with E-state index in [1.54, 1.807) is 7.11 Å². The van der Waals surface area contributed by atoms with Gasteiger partial charge < -0.3 is 4.74 Å². The molecule has 2 nitrogen and oxygen atoms in total. The molecule has 1 rings (SSSR count). The highest BCUT2D eigenvalue weighted by atomic mass is 16.5. The fourth-order valence-electron chi connectivity index (χ4n) is 2.05. The van der Waals surface area contributed by atoms with Gasteiger partial charge in [-0.15, -0.1) is 0 Å². The van der Waals surface area contributed by atoms with Crippen molar-refractivity contribution in [2.75, 3.05) is 7.11 Å². The van der Waals surface area contributed by atoms with Gasteiger partial charge in [-0.1, -0.05) is 12.8 Å². The van der Waals surface area contributed by atoms with Crippen LogP contribution in [0.3, 0.4) is 0 Å². The first-order valence-corrected chi connectivity index (χ1v) is 4.66. The topological polar surface area (TPSA) is 33.0 Å². The molecule has 1 aliphatic carbocycles. The van der Waals surface area contributed by atoms with Crippen LogP contribution in [0.2, 0.25) is 0 Å². The van der Waals surface area contributed by atoms with Crippen LogP contribution in [-0.2, 0) is 4.74 Å². The summed E-state index contributed by atoms with van der Waals surface area (Å²) in [6, 6.07) is 2.46. The van der Waals surface area contributed by atoms with Crippen LogP contribution < -0.4 is 0 Å². The molecule has 0 heterocycles. The Morgan fingerprint density at radius 1 is 1.50 bits per heavy atom. The predicted molar refractivity (Wildman–Crippen MR) is 47.6 cm³/mol. The molecule has 0 radical (unpaired) electrons. The zero-order valence-electron chi connectivity index (χ0n) is 7.97. The Labute approximate surface area is 74.5 Å². The second-order valence-corrected chi connectivity index (χ2v) is 3.85. The van der Waals surface area contributed by atoms with Crippen LogP contribution in [0.15, 0.2) is 0 Å². The zero-order valence-corrected chi connectivity index (χ0v) is 7.97. The van der Waals surface area contributed by atoms with Gasteiger partial charge >= 0.3 is 0 Å². The van der Waals surface area contributed by atoms with E-state index < -0.39 is 0 Å². The number of ether oxygens (including phenoxy) is 1. The maximum absolute atomic E-state index is 9.06. The minimum Gasteiger partial charge on any atom is -0.382 e. The van der Waals surface area contributed by atoms with Gasteiger partial charge in [0.1, 0.15) is 0 Å². The van der Waals surface area contributed by atoms with E-state index in [-0.39, 0.29) is 11.5 Å². The van der Waals surface area contributed by atoms with Crippen LogP contribution in [0, 0.1) is 16.7 Å². The average molecular weight is 167 g/mol. The van der Waals surface area contributed by atoms with Crippen molar-refractivity contribution in [2.45, 2.75) is 45.1 Å². The summed E-state index contributed by atoms with van der Waals surface area (Å²) in [5.41, 5.74) is -0.0601. The smallest absolute Gasteiger partial charge is 0.0690 e. The second-order valence-electron chi connectivity index (χ2n) is 3.85. The first kappa shape index (κ1) is 9.54. The van der Waals surface area contributed by atoms with Gasteiger partial charge in [0.25, 0.3) is 0 Å². The van der Waals surface area contributed by atoms with Gasteiger partial charge in [-0.3, -0.25) is 0 Å². The number of nitriles is 1. The van der Waals surface area contributed by atoms with Crippen molar-refractivity contribution in [3.63, 3.8) is 0 Å². The monoisotopic (exact) mass is 167 g/mol. The van der Waals surface area contributed by atoms with Crippen LogP contribution in [0.1, 0.15) is 39.0 Å². The Balaban J connectivity index is 2.51. The van der Waals surface area contributed by atoms with Gasteiger partial charge in [-0.25, -0.2) is 0 Å². The van der Waals surface area contributed by atoms with E-state index in [0.717, 1.165) is 19.3 Å². The normalized spacial score (nSPS) is 23.4. The van der Waals surface area contributed by atoms with Crippen molar-refractivity contribution in [1.82, 2.24) is 0 Å². The third-order valence-electron chi connectivity index (χ3n) is 2.88. The van der Waals surface area contributed by atoms with Gasteiger partial charge in [-0.2, -0.15) is 5.26 Å². The van der Waals surface area contributed by atoms with Gasteiger partial charge in [0, 0.05) is 7.11 Å². The molecule has 1 saturated carbocycles. The number of nitrogens with zero attached hydrogens (tertiary/aromatic N) is 1. The van der Waals surface area contributed by atoms with E-state index in [1.165, 1.54) is 12.8 Å². The van der Waals surface area contributed by atoms with E-state index >= 15 is 0 Å². The Kier molecular flexibility index (Phi) is 3.11. The maximum Gasteiger partial charge on any atom is 0.0690 e. The fourth-order valence-corrected chi connectivity index (χ4v) is 2.05. The van der Waals surface area contributed by atoms with Crippen molar-refractivity contribution in [3.05, 3.63) is 0 Å². The molecule has 0 spiro atoms. The van der Waals surface area contributed by atoms with Gasteiger partial charge in [0.15, 0.2) is 0 Å². The zero-order chi connectivity index (χ0) is 9.03. The summed E-state index contributed by atoms with van der Waals surface area (Å²) in [5.74, 6) is 0. The highest BCUT2D eigenvalue weighted by Gasteiger charge is 2.35. The molecule has 0 aromatic heterocycles. The summed E-state index contributed by atoms with van der Waals surface area (Å²) < 4.78 is 5.19.